The molecule has 17 heavy (non-hydrogen) atoms. The monoisotopic (exact) mass is 244 g/mol. The number of carbonyl (C=O) groups is 1. The molecule has 0 amide bonds. The molecule has 0 aliphatic heterocycles. The number of methoxy groups -OCH3 is 1. The van der Waals surface area contributed by atoms with Crippen molar-refractivity contribution in [2.45, 2.75) is 6.18 Å². The minimum Gasteiger partial charge on any atom is -0.465 e. The Hall–Kier alpha value is -1.98. The van der Waals surface area contributed by atoms with Gasteiger partial charge in [0.1, 0.15) is 17.4 Å². The second-order valence-electron chi connectivity index (χ2n) is 3.35. The third kappa shape index (κ3) is 1.98. The Kier molecular flexibility index (Phi) is 2.57. The fourth-order valence-corrected chi connectivity index (χ4v) is 1.49. The van der Waals surface area contributed by atoms with Crippen molar-refractivity contribution in [2.75, 3.05) is 7.11 Å². The molecule has 0 saturated heterocycles. The summed E-state index contributed by atoms with van der Waals surface area (Å²) in [6, 6.07) is 3.75. The maximum atomic E-state index is 12.6. The van der Waals surface area contributed by atoms with Crippen molar-refractivity contribution < 1.29 is 27.1 Å². The van der Waals surface area contributed by atoms with Crippen LogP contribution in [-0.2, 0) is 10.9 Å². The van der Waals surface area contributed by atoms with Crippen molar-refractivity contribution in [2.24, 2.45) is 0 Å². The molecule has 3 nitrogen and oxygen atoms in total. The Morgan fingerprint density at radius 1 is 1.35 bits per heavy atom. The summed E-state index contributed by atoms with van der Waals surface area (Å²) in [6.45, 7) is 0. The maximum Gasteiger partial charge on any atom is 0.420 e. The van der Waals surface area contributed by atoms with Crippen LogP contribution < -0.4 is 0 Å². The molecule has 1 aromatic carbocycles. The Morgan fingerprint density at radius 2 is 2.06 bits per heavy atom. The summed E-state index contributed by atoms with van der Waals surface area (Å²) in [6.07, 6.45) is -3.88. The summed E-state index contributed by atoms with van der Waals surface area (Å²) in [4.78, 5) is 11.2. The van der Waals surface area contributed by atoms with Gasteiger partial charge in [-0.2, -0.15) is 13.2 Å². The molecular weight excluding hydrogens is 237 g/mol. The summed E-state index contributed by atoms with van der Waals surface area (Å²) >= 11 is 0. The van der Waals surface area contributed by atoms with Gasteiger partial charge in [0.2, 0.25) is 0 Å². The summed E-state index contributed by atoms with van der Waals surface area (Å²) in [5.74, 6) is -0.693. The zero-order valence-corrected chi connectivity index (χ0v) is 8.67. The van der Waals surface area contributed by atoms with Crippen LogP contribution in [0.4, 0.5) is 13.2 Å². The number of ether oxygens (including phenoxy) is 1. The second-order valence-corrected chi connectivity index (χ2v) is 3.35. The third-order valence-corrected chi connectivity index (χ3v) is 2.30. The first-order valence-electron chi connectivity index (χ1n) is 4.60. The number of carbonyl (C=O) groups excluding carboxylic acids is 1. The van der Waals surface area contributed by atoms with Crippen LogP contribution in [-0.4, -0.2) is 13.1 Å². The summed E-state index contributed by atoms with van der Waals surface area (Å²) in [7, 11) is 1.16. The van der Waals surface area contributed by atoms with Crippen LogP contribution in [0.1, 0.15) is 15.9 Å². The largest absolute Gasteiger partial charge is 0.465 e. The fraction of sp³-hybridized carbons (Fsp3) is 0.182. The molecule has 0 spiro atoms. The second kappa shape index (κ2) is 3.80. The number of hydrogen-bond donors (Lipinski definition) is 0. The zero-order valence-electron chi connectivity index (χ0n) is 8.67. The first kappa shape index (κ1) is 11.5. The number of fused-ring (bicyclic) bond motifs is 1. The number of esters is 1. The highest BCUT2D eigenvalue weighted by Crippen LogP contribution is 2.36. The van der Waals surface area contributed by atoms with E-state index >= 15 is 0 Å². The van der Waals surface area contributed by atoms with Crippen LogP contribution in [0.2, 0.25) is 0 Å². The Labute approximate surface area is 93.8 Å². The number of furan rings is 1. The molecule has 1 heterocycles. The van der Waals surface area contributed by atoms with Crippen LogP contribution in [0.15, 0.2) is 28.9 Å². The van der Waals surface area contributed by atoms with E-state index in [0.29, 0.717) is 6.26 Å². The molecule has 2 rings (SSSR count). The molecule has 90 valence electrons. The van der Waals surface area contributed by atoms with E-state index < -0.39 is 17.7 Å². The summed E-state index contributed by atoms with van der Waals surface area (Å²) in [5, 5.41) is -0.152. The van der Waals surface area contributed by atoms with Crippen LogP contribution >= 0.6 is 0 Å². The lowest BCUT2D eigenvalue weighted by Gasteiger charge is -2.03. The van der Waals surface area contributed by atoms with E-state index in [1.165, 1.54) is 12.1 Å². The predicted octanol–water partition coefficient (Wildman–Crippen LogP) is 3.24. The molecular formula is C11H7F3O3. The van der Waals surface area contributed by atoms with Gasteiger partial charge in [0.15, 0.2) is 0 Å². The van der Waals surface area contributed by atoms with Crippen LogP contribution in [0, 0.1) is 0 Å². The average molecular weight is 244 g/mol. The van der Waals surface area contributed by atoms with Crippen molar-refractivity contribution in [3.05, 3.63) is 35.6 Å². The van der Waals surface area contributed by atoms with Gasteiger partial charge in [-0.1, -0.05) is 0 Å². The van der Waals surface area contributed by atoms with Crippen molar-refractivity contribution in [1.29, 1.82) is 0 Å². The fourth-order valence-electron chi connectivity index (χ4n) is 1.49. The maximum absolute atomic E-state index is 12.6. The molecule has 1 aromatic heterocycles. The van der Waals surface area contributed by atoms with Gasteiger partial charge in [0.05, 0.1) is 12.7 Å². The third-order valence-electron chi connectivity index (χ3n) is 2.30. The van der Waals surface area contributed by atoms with E-state index in [1.807, 2.05) is 0 Å². The van der Waals surface area contributed by atoms with E-state index in [1.54, 1.807) is 0 Å². The molecule has 0 bridgehead atoms. The van der Waals surface area contributed by atoms with Gasteiger partial charge in [-0.05, 0) is 18.2 Å². The molecule has 0 N–H and O–H groups in total. The smallest absolute Gasteiger partial charge is 0.420 e. The van der Waals surface area contributed by atoms with Crippen molar-refractivity contribution >= 4 is 16.9 Å². The topological polar surface area (TPSA) is 39.4 Å². The summed E-state index contributed by atoms with van der Waals surface area (Å²) in [5.41, 5.74) is -0.782. The van der Waals surface area contributed by atoms with Crippen molar-refractivity contribution in [1.82, 2.24) is 0 Å². The molecule has 6 heteroatoms. The van der Waals surface area contributed by atoms with Gasteiger partial charge in [0, 0.05) is 5.39 Å². The Bertz CT molecular complexity index is 569. The molecule has 0 aliphatic rings. The van der Waals surface area contributed by atoms with Crippen LogP contribution in [0.25, 0.3) is 11.0 Å². The number of benzene rings is 1. The lowest BCUT2D eigenvalue weighted by molar-refractivity contribution is -0.136. The lowest BCUT2D eigenvalue weighted by atomic mass is 10.1. The van der Waals surface area contributed by atoms with Crippen LogP contribution in [0.3, 0.4) is 0 Å². The van der Waals surface area contributed by atoms with E-state index in [0.717, 1.165) is 13.2 Å². The zero-order chi connectivity index (χ0) is 12.6. The number of alkyl halides is 3. The van der Waals surface area contributed by atoms with Crippen molar-refractivity contribution in [3.63, 3.8) is 0 Å². The quantitative estimate of drug-likeness (QED) is 0.723. The predicted molar refractivity (Wildman–Crippen MR) is 52.6 cm³/mol. The van der Waals surface area contributed by atoms with E-state index in [9.17, 15) is 18.0 Å². The van der Waals surface area contributed by atoms with Gasteiger partial charge in [-0.25, -0.2) is 4.79 Å². The van der Waals surface area contributed by atoms with Gasteiger partial charge in [0.25, 0.3) is 0 Å². The molecule has 0 radical (unpaired) electrons. The SMILES string of the molecule is COC(=O)c1ccc2occ(C(F)(F)F)c2c1. The summed E-state index contributed by atoms with van der Waals surface area (Å²) < 4.78 is 47.0. The molecule has 0 atom stereocenters. The molecule has 0 unspecified atom stereocenters. The van der Waals surface area contributed by atoms with E-state index in [2.05, 4.69) is 4.74 Å². The van der Waals surface area contributed by atoms with E-state index in [4.69, 9.17) is 4.42 Å². The lowest BCUT2D eigenvalue weighted by Crippen LogP contribution is -2.04. The molecule has 2 aromatic rings. The van der Waals surface area contributed by atoms with Gasteiger partial charge in [-0.3, -0.25) is 0 Å². The van der Waals surface area contributed by atoms with Crippen LogP contribution in [0.5, 0.6) is 0 Å². The first-order valence-corrected chi connectivity index (χ1v) is 4.60. The first-order chi connectivity index (χ1) is 7.93. The number of halogens is 3. The van der Waals surface area contributed by atoms with Gasteiger partial charge in [-0.15, -0.1) is 0 Å². The average Bonchev–Trinajstić information content (AvgIpc) is 2.70. The van der Waals surface area contributed by atoms with Crippen molar-refractivity contribution in [3.8, 4) is 0 Å². The Morgan fingerprint density at radius 3 is 2.65 bits per heavy atom. The highest BCUT2D eigenvalue weighted by molar-refractivity contribution is 5.95. The molecule has 0 saturated carbocycles. The van der Waals surface area contributed by atoms with Gasteiger partial charge < -0.3 is 9.15 Å². The minimum atomic E-state index is -4.51. The van der Waals surface area contributed by atoms with E-state index in [-0.39, 0.29) is 16.5 Å². The highest BCUT2D eigenvalue weighted by Gasteiger charge is 2.34. The Balaban J connectivity index is 2.62. The minimum absolute atomic E-state index is 0.0481. The normalized spacial score (nSPS) is 11.8. The molecule has 0 aliphatic carbocycles. The standard InChI is InChI=1S/C11H7F3O3/c1-16-10(15)6-2-3-9-7(4-6)8(5-17-9)11(12,13)14/h2-5H,1H3. The molecule has 0 fully saturated rings. The number of hydrogen-bond acceptors (Lipinski definition) is 3. The highest BCUT2D eigenvalue weighted by atomic mass is 19.4. The number of rotatable bonds is 1. The van der Waals surface area contributed by atoms with Gasteiger partial charge >= 0.3 is 12.1 Å².